The van der Waals surface area contributed by atoms with E-state index in [1.807, 2.05) is 39.0 Å². The summed E-state index contributed by atoms with van der Waals surface area (Å²) >= 11 is 0. The molecule has 116 valence electrons. The average molecular weight is 293 g/mol. The van der Waals surface area contributed by atoms with Crippen molar-refractivity contribution in [3.05, 3.63) is 23.8 Å². The van der Waals surface area contributed by atoms with Gasteiger partial charge >= 0.3 is 6.09 Å². The van der Waals surface area contributed by atoms with E-state index in [2.05, 4.69) is 5.32 Å². The number of alkyl carbamates (subject to hydrolysis) is 1. The molecule has 0 saturated heterocycles. The summed E-state index contributed by atoms with van der Waals surface area (Å²) in [5.41, 5.74) is 0.614. The van der Waals surface area contributed by atoms with Gasteiger partial charge in [-0.25, -0.2) is 4.79 Å². The van der Waals surface area contributed by atoms with E-state index in [4.69, 9.17) is 14.2 Å². The molecule has 0 spiro atoms. The van der Waals surface area contributed by atoms with Gasteiger partial charge < -0.3 is 19.5 Å². The van der Waals surface area contributed by atoms with Gasteiger partial charge in [-0.15, -0.1) is 0 Å². The van der Waals surface area contributed by atoms with Crippen molar-refractivity contribution in [2.75, 3.05) is 20.3 Å². The molecule has 21 heavy (non-hydrogen) atoms. The Balaban J connectivity index is 1.99. The van der Waals surface area contributed by atoms with Gasteiger partial charge in [0.25, 0.3) is 0 Å². The number of nitrogens with one attached hydrogen (secondary N) is 1. The van der Waals surface area contributed by atoms with E-state index in [0.717, 1.165) is 23.5 Å². The van der Waals surface area contributed by atoms with Crippen LogP contribution in [0.4, 0.5) is 4.79 Å². The van der Waals surface area contributed by atoms with E-state index in [0.29, 0.717) is 13.2 Å². The first kappa shape index (κ1) is 15.5. The Morgan fingerprint density at radius 2 is 2.19 bits per heavy atom. The molecular weight excluding hydrogens is 270 g/mol. The van der Waals surface area contributed by atoms with Crippen LogP contribution in [0.2, 0.25) is 0 Å². The van der Waals surface area contributed by atoms with Crippen LogP contribution in [0.15, 0.2) is 18.2 Å². The van der Waals surface area contributed by atoms with Crippen molar-refractivity contribution < 1.29 is 19.0 Å². The number of fused-ring (bicyclic) bond motifs is 1. The standard InChI is InChI=1S/C16H23NO4/c1-16(2,3)21-15(18)17-10-11-7-8-20-14-9-12(19-4)5-6-13(11)14/h5-6,9,11H,7-8,10H2,1-4H3,(H,17,18). The second-order valence-electron chi connectivity index (χ2n) is 6.12. The SMILES string of the molecule is COc1ccc2c(c1)OCCC2CNC(=O)OC(C)(C)C. The first-order valence-electron chi connectivity index (χ1n) is 7.16. The summed E-state index contributed by atoms with van der Waals surface area (Å²) in [6.07, 6.45) is 0.485. The first-order chi connectivity index (χ1) is 9.89. The molecule has 1 heterocycles. The third kappa shape index (κ3) is 4.28. The molecule has 5 nitrogen and oxygen atoms in total. The molecule has 0 aliphatic carbocycles. The zero-order valence-electron chi connectivity index (χ0n) is 13.1. The molecule has 5 heteroatoms. The lowest BCUT2D eigenvalue weighted by Gasteiger charge is -2.27. The summed E-state index contributed by atoms with van der Waals surface area (Å²) in [5.74, 6) is 1.83. The van der Waals surface area contributed by atoms with E-state index >= 15 is 0 Å². The second kappa shape index (κ2) is 6.24. The Labute approximate surface area is 125 Å². The molecule has 1 unspecified atom stereocenters. The normalized spacial score (nSPS) is 17.4. The molecule has 1 N–H and O–H groups in total. The van der Waals surface area contributed by atoms with Gasteiger partial charge in [0.05, 0.1) is 13.7 Å². The van der Waals surface area contributed by atoms with Crippen molar-refractivity contribution in [1.82, 2.24) is 5.32 Å². The zero-order valence-corrected chi connectivity index (χ0v) is 13.1. The van der Waals surface area contributed by atoms with Crippen molar-refractivity contribution in [1.29, 1.82) is 0 Å². The lowest BCUT2D eigenvalue weighted by Crippen LogP contribution is -2.35. The first-order valence-corrected chi connectivity index (χ1v) is 7.16. The highest BCUT2D eigenvalue weighted by Gasteiger charge is 2.23. The Morgan fingerprint density at radius 1 is 1.43 bits per heavy atom. The molecule has 0 saturated carbocycles. The van der Waals surface area contributed by atoms with Gasteiger partial charge in [-0.1, -0.05) is 6.07 Å². The largest absolute Gasteiger partial charge is 0.497 e. The van der Waals surface area contributed by atoms with Gasteiger partial charge in [-0.05, 0) is 38.8 Å². The summed E-state index contributed by atoms with van der Waals surface area (Å²) in [5, 5.41) is 2.83. The van der Waals surface area contributed by atoms with Gasteiger partial charge in [0.2, 0.25) is 0 Å². The molecule has 0 fully saturated rings. The number of ether oxygens (including phenoxy) is 3. The van der Waals surface area contributed by atoms with Crippen molar-refractivity contribution >= 4 is 6.09 Å². The van der Waals surface area contributed by atoms with Crippen LogP contribution in [-0.2, 0) is 4.74 Å². The molecule has 1 atom stereocenters. The van der Waals surface area contributed by atoms with Crippen LogP contribution in [0.3, 0.4) is 0 Å². The van der Waals surface area contributed by atoms with Crippen molar-refractivity contribution in [2.45, 2.75) is 38.7 Å². The van der Waals surface area contributed by atoms with Crippen molar-refractivity contribution in [3.63, 3.8) is 0 Å². The van der Waals surface area contributed by atoms with Crippen LogP contribution < -0.4 is 14.8 Å². The second-order valence-corrected chi connectivity index (χ2v) is 6.12. The minimum Gasteiger partial charge on any atom is -0.497 e. The Hall–Kier alpha value is -1.91. The van der Waals surface area contributed by atoms with Crippen LogP contribution in [0.1, 0.15) is 38.7 Å². The quantitative estimate of drug-likeness (QED) is 0.930. The highest BCUT2D eigenvalue weighted by Crippen LogP contribution is 2.35. The molecule has 0 bridgehead atoms. The molecule has 1 aliphatic rings. The number of benzene rings is 1. The van der Waals surface area contributed by atoms with Crippen LogP contribution in [0.5, 0.6) is 11.5 Å². The fourth-order valence-electron chi connectivity index (χ4n) is 2.30. The predicted molar refractivity (Wildman–Crippen MR) is 80.1 cm³/mol. The lowest BCUT2D eigenvalue weighted by molar-refractivity contribution is 0.0521. The molecule has 0 radical (unpaired) electrons. The van der Waals surface area contributed by atoms with E-state index in [9.17, 15) is 4.79 Å². The van der Waals surface area contributed by atoms with Gasteiger partial charge in [0.1, 0.15) is 17.1 Å². The van der Waals surface area contributed by atoms with Crippen molar-refractivity contribution in [3.8, 4) is 11.5 Å². The summed E-state index contributed by atoms with van der Waals surface area (Å²) in [4.78, 5) is 11.7. The average Bonchev–Trinajstić information content (AvgIpc) is 2.42. The van der Waals surface area contributed by atoms with Gasteiger partial charge in [0, 0.05) is 18.5 Å². The number of methoxy groups -OCH3 is 1. The molecule has 2 rings (SSSR count). The third-order valence-corrected chi connectivity index (χ3v) is 3.28. The van der Waals surface area contributed by atoms with E-state index < -0.39 is 5.60 Å². The number of hydrogen-bond acceptors (Lipinski definition) is 4. The van der Waals surface area contributed by atoms with Crippen LogP contribution in [0, 0.1) is 0 Å². The Bertz CT molecular complexity index is 507. The van der Waals surface area contributed by atoms with Crippen LogP contribution in [-0.4, -0.2) is 32.0 Å². The Morgan fingerprint density at radius 3 is 2.86 bits per heavy atom. The number of carbonyl (C=O) groups is 1. The zero-order chi connectivity index (χ0) is 15.5. The summed E-state index contributed by atoms with van der Waals surface area (Å²) < 4.78 is 16.1. The fourth-order valence-corrected chi connectivity index (χ4v) is 2.30. The number of rotatable bonds is 3. The van der Waals surface area contributed by atoms with E-state index in [1.54, 1.807) is 7.11 Å². The minimum absolute atomic E-state index is 0.229. The summed E-state index contributed by atoms with van der Waals surface area (Å²) in [7, 11) is 1.63. The van der Waals surface area contributed by atoms with Crippen LogP contribution in [0.25, 0.3) is 0 Å². The fraction of sp³-hybridized carbons (Fsp3) is 0.562. The Kier molecular flexibility index (Phi) is 4.60. The highest BCUT2D eigenvalue weighted by molar-refractivity contribution is 5.67. The predicted octanol–water partition coefficient (Wildman–Crippen LogP) is 3.09. The molecular formula is C16H23NO4. The monoisotopic (exact) mass is 293 g/mol. The smallest absolute Gasteiger partial charge is 0.407 e. The summed E-state index contributed by atoms with van der Waals surface area (Å²) in [6, 6.07) is 5.79. The molecule has 1 aromatic rings. The lowest BCUT2D eigenvalue weighted by atomic mass is 9.93. The maximum Gasteiger partial charge on any atom is 0.407 e. The van der Waals surface area contributed by atoms with Gasteiger partial charge in [0.15, 0.2) is 0 Å². The molecule has 1 amide bonds. The van der Waals surface area contributed by atoms with Crippen LogP contribution >= 0.6 is 0 Å². The van der Waals surface area contributed by atoms with E-state index in [1.165, 1.54) is 0 Å². The molecule has 1 aromatic carbocycles. The maximum absolute atomic E-state index is 11.7. The number of hydrogen-bond donors (Lipinski definition) is 1. The number of amides is 1. The van der Waals surface area contributed by atoms with Gasteiger partial charge in [-0.3, -0.25) is 0 Å². The summed E-state index contributed by atoms with van der Waals surface area (Å²) in [6.45, 7) is 6.73. The maximum atomic E-state index is 11.7. The van der Waals surface area contributed by atoms with Crippen molar-refractivity contribution in [2.24, 2.45) is 0 Å². The topological polar surface area (TPSA) is 56.8 Å². The minimum atomic E-state index is -0.481. The third-order valence-electron chi connectivity index (χ3n) is 3.28. The van der Waals surface area contributed by atoms with Gasteiger partial charge in [-0.2, -0.15) is 0 Å². The highest BCUT2D eigenvalue weighted by atomic mass is 16.6. The van der Waals surface area contributed by atoms with E-state index in [-0.39, 0.29) is 12.0 Å². The number of carbonyl (C=O) groups excluding carboxylic acids is 1. The molecule has 0 aromatic heterocycles. The molecule has 1 aliphatic heterocycles.